The van der Waals surface area contributed by atoms with Crippen LogP contribution in [0.3, 0.4) is 0 Å². The molecule has 0 fully saturated rings. The van der Waals surface area contributed by atoms with Gasteiger partial charge in [0.05, 0.1) is 0 Å². The smallest absolute Gasteiger partial charge is 0.323 e. The highest BCUT2D eigenvalue weighted by molar-refractivity contribution is 5.95. The molecule has 1 heterocycles. The van der Waals surface area contributed by atoms with E-state index in [0.29, 0.717) is 0 Å². The van der Waals surface area contributed by atoms with Gasteiger partial charge in [-0.2, -0.15) is 0 Å². The number of amides is 1. The van der Waals surface area contributed by atoms with E-state index in [4.69, 9.17) is 5.11 Å². The van der Waals surface area contributed by atoms with Gasteiger partial charge in [0.25, 0.3) is 11.5 Å². The number of hydrogen-bond acceptors (Lipinski definition) is 3. The van der Waals surface area contributed by atoms with Crippen LogP contribution in [0.15, 0.2) is 23.1 Å². The topological polar surface area (TPSA) is 90.5 Å². The van der Waals surface area contributed by atoms with Crippen LogP contribution < -0.4 is 5.56 Å². The monoisotopic (exact) mass is 252 g/mol. The highest BCUT2D eigenvalue weighted by atomic mass is 16.4. The Morgan fingerprint density at radius 2 is 2.00 bits per heavy atom. The van der Waals surface area contributed by atoms with Crippen LogP contribution in [0.25, 0.3) is 0 Å². The van der Waals surface area contributed by atoms with Crippen molar-refractivity contribution in [1.29, 1.82) is 0 Å². The van der Waals surface area contributed by atoms with Crippen LogP contribution >= 0.6 is 0 Å². The van der Waals surface area contributed by atoms with Gasteiger partial charge in [0.2, 0.25) is 0 Å². The molecule has 0 aromatic carbocycles. The average Bonchev–Trinajstić information content (AvgIpc) is 2.24. The van der Waals surface area contributed by atoms with E-state index in [0.717, 1.165) is 4.90 Å². The van der Waals surface area contributed by atoms with E-state index < -0.39 is 29.5 Å². The summed E-state index contributed by atoms with van der Waals surface area (Å²) in [5, 5.41) is 8.83. The number of H-pyrrole nitrogens is 1. The summed E-state index contributed by atoms with van der Waals surface area (Å²) in [4.78, 5) is 38.1. The third kappa shape index (κ3) is 3.19. The lowest BCUT2D eigenvalue weighted by atomic mass is 10.0. The molecule has 1 amide bonds. The second kappa shape index (κ2) is 5.03. The number of rotatable bonds is 3. The second-order valence-corrected chi connectivity index (χ2v) is 4.87. The molecule has 0 saturated carbocycles. The van der Waals surface area contributed by atoms with Crippen LogP contribution in [0.4, 0.5) is 0 Å². The molecule has 0 bridgehead atoms. The van der Waals surface area contributed by atoms with E-state index in [1.165, 1.54) is 18.3 Å². The summed E-state index contributed by atoms with van der Waals surface area (Å²) in [6.45, 7) is 4.69. The van der Waals surface area contributed by atoms with E-state index in [-0.39, 0.29) is 5.56 Å². The molecular weight excluding hydrogens is 236 g/mol. The largest absolute Gasteiger partial charge is 0.480 e. The summed E-state index contributed by atoms with van der Waals surface area (Å²) in [7, 11) is 0. The molecule has 0 spiro atoms. The first-order valence-electron chi connectivity index (χ1n) is 5.45. The number of carbonyl (C=O) groups excluding carboxylic acids is 1. The molecule has 0 aliphatic rings. The normalized spacial score (nSPS) is 11.1. The molecule has 0 unspecified atom stereocenters. The maximum atomic E-state index is 12.2. The quantitative estimate of drug-likeness (QED) is 0.828. The Morgan fingerprint density at radius 1 is 1.39 bits per heavy atom. The minimum Gasteiger partial charge on any atom is -0.480 e. The molecule has 6 heteroatoms. The van der Waals surface area contributed by atoms with Gasteiger partial charge in [-0.25, -0.2) is 0 Å². The molecule has 2 N–H and O–H groups in total. The minimum atomic E-state index is -1.12. The zero-order valence-corrected chi connectivity index (χ0v) is 10.6. The van der Waals surface area contributed by atoms with Gasteiger partial charge in [-0.05, 0) is 32.9 Å². The van der Waals surface area contributed by atoms with Crippen LogP contribution in [-0.2, 0) is 4.79 Å². The number of aromatic amines is 1. The summed E-state index contributed by atoms with van der Waals surface area (Å²) >= 11 is 0. The first-order valence-corrected chi connectivity index (χ1v) is 5.45. The molecule has 0 radical (unpaired) electrons. The fourth-order valence-electron chi connectivity index (χ4n) is 1.48. The van der Waals surface area contributed by atoms with Crippen molar-refractivity contribution in [3.8, 4) is 0 Å². The van der Waals surface area contributed by atoms with Crippen LogP contribution in [0.2, 0.25) is 0 Å². The lowest BCUT2D eigenvalue weighted by Crippen LogP contribution is -2.49. The van der Waals surface area contributed by atoms with Crippen molar-refractivity contribution in [3.05, 3.63) is 34.2 Å². The summed E-state index contributed by atoms with van der Waals surface area (Å²) < 4.78 is 0. The van der Waals surface area contributed by atoms with E-state index in [9.17, 15) is 14.4 Å². The van der Waals surface area contributed by atoms with Gasteiger partial charge in [0.1, 0.15) is 12.1 Å². The van der Waals surface area contributed by atoms with Gasteiger partial charge in [-0.3, -0.25) is 14.4 Å². The Labute approximate surface area is 104 Å². The number of carbonyl (C=O) groups is 2. The number of carboxylic acids is 1. The highest BCUT2D eigenvalue weighted by Gasteiger charge is 2.30. The van der Waals surface area contributed by atoms with Gasteiger partial charge < -0.3 is 15.0 Å². The third-order valence-corrected chi connectivity index (χ3v) is 2.40. The molecule has 0 saturated heterocycles. The molecule has 98 valence electrons. The van der Waals surface area contributed by atoms with E-state index >= 15 is 0 Å². The first kappa shape index (κ1) is 14.0. The molecule has 0 atom stereocenters. The number of carboxylic acid groups (broad SMARTS) is 1. The van der Waals surface area contributed by atoms with Crippen molar-refractivity contribution in [1.82, 2.24) is 9.88 Å². The van der Waals surface area contributed by atoms with Crippen molar-refractivity contribution in [2.24, 2.45) is 0 Å². The van der Waals surface area contributed by atoms with Gasteiger partial charge >= 0.3 is 5.97 Å². The van der Waals surface area contributed by atoms with Crippen molar-refractivity contribution >= 4 is 11.9 Å². The molecule has 18 heavy (non-hydrogen) atoms. The second-order valence-electron chi connectivity index (χ2n) is 4.87. The molecule has 0 aliphatic carbocycles. The maximum Gasteiger partial charge on any atom is 0.323 e. The number of hydrogen-bond donors (Lipinski definition) is 2. The van der Waals surface area contributed by atoms with Crippen molar-refractivity contribution in [3.63, 3.8) is 0 Å². The highest BCUT2D eigenvalue weighted by Crippen LogP contribution is 2.15. The van der Waals surface area contributed by atoms with Gasteiger partial charge in [-0.1, -0.05) is 0 Å². The Kier molecular flexibility index (Phi) is 3.90. The predicted octanol–water partition coefficient (Wildman–Crippen LogP) is 0.700. The first-order chi connectivity index (χ1) is 8.23. The van der Waals surface area contributed by atoms with Crippen molar-refractivity contribution in [2.45, 2.75) is 26.3 Å². The average molecular weight is 252 g/mol. The van der Waals surface area contributed by atoms with Crippen molar-refractivity contribution in [2.75, 3.05) is 6.54 Å². The Balaban J connectivity index is 3.15. The van der Waals surface area contributed by atoms with Gasteiger partial charge in [0.15, 0.2) is 0 Å². The summed E-state index contributed by atoms with van der Waals surface area (Å²) in [5.41, 5.74) is -1.27. The van der Waals surface area contributed by atoms with E-state index in [2.05, 4.69) is 4.98 Å². The van der Waals surface area contributed by atoms with E-state index in [1.807, 2.05) is 0 Å². The number of nitrogens with one attached hydrogen (secondary N) is 1. The SMILES string of the molecule is CC(C)(C)N(CC(=O)O)C(=O)c1ccc[nH]c1=O. The molecular formula is C12H16N2O4. The molecule has 1 aromatic heterocycles. The fourth-order valence-corrected chi connectivity index (χ4v) is 1.48. The predicted molar refractivity (Wildman–Crippen MR) is 65.5 cm³/mol. The molecule has 6 nitrogen and oxygen atoms in total. The van der Waals surface area contributed by atoms with Crippen LogP contribution in [-0.4, -0.2) is 39.0 Å². The lowest BCUT2D eigenvalue weighted by Gasteiger charge is -2.34. The summed E-state index contributed by atoms with van der Waals surface area (Å²) in [6.07, 6.45) is 1.41. The summed E-state index contributed by atoms with van der Waals surface area (Å²) in [6, 6.07) is 2.90. The zero-order chi connectivity index (χ0) is 13.9. The Morgan fingerprint density at radius 3 is 2.44 bits per heavy atom. The Hall–Kier alpha value is -2.11. The number of aromatic nitrogens is 1. The number of nitrogens with zero attached hydrogens (tertiary/aromatic N) is 1. The van der Waals surface area contributed by atoms with Crippen LogP contribution in [0, 0.1) is 0 Å². The maximum absolute atomic E-state index is 12.2. The van der Waals surface area contributed by atoms with Crippen LogP contribution in [0.1, 0.15) is 31.1 Å². The zero-order valence-electron chi connectivity index (χ0n) is 10.6. The Bertz CT molecular complexity index is 513. The fraction of sp³-hybridized carbons (Fsp3) is 0.417. The third-order valence-electron chi connectivity index (χ3n) is 2.40. The van der Waals surface area contributed by atoms with E-state index in [1.54, 1.807) is 20.8 Å². The number of pyridine rings is 1. The lowest BCUT2D eigenvalue weighted by molar-refractivity contribution is -0.138. The van der Waals surface area contributed by atoms with Crippen LogP contribution in [0.5, 0.6) is 0 Å². The molecule has 0 aliphatic heterocycles. The summed E-state index contributed by atoms with van der Waals surface area (Å²) in [5.74, 6) is -1.71. The van der Waals surface area contributed by atoms with Crippen molar-refractivity contribution < 1.29 is 14.7 Å². The molecule has 1 aromatic rings. The minimum absolute atomic E-state index is 0.0614. The standard InChI is InChI=1S/C12H16N2O4/c1-12(2,3)14(7-9(15)16)11(18)8-5-4-6-13-10(8)17/h4-6H,7H2,1-3H3,(H,13,17)(H,15,16). The van der Waals surface area contributed by atoms with Gasteiger partial charge in [-0.15, -0.1) is 0 Å². The van der Waals surface area contributed by atoms with Gasteiger partial charge in [0, 0.05) is 11.7 Å². The number of aliphatic carboxylic acids is 1. The molecule has 1 rings (SSSR count).